The Morgan fingerprint density at radius 3 is 2.86 bits per heavy atom. The molecule has 0 aliphatic carbocycles. The lowest BCUT2D eigenvalue weighted by atomic mass is 10.3. The van der Waals surface area contributed by atoms with Crippen LogP contribution in [0.5, 0.6) is 0 Å². The molecule has 0 unspecified atom stereocenters. The molecule has 0 bridgehead atoms. The first-order chi connectivity index (χ1) is 6.77. The molecule has 14 heavy (non-hydrogen) atoms. The number of hydrogen-bond acceptors (Lipinski definition) is 4. The molecule has 0 aliphatic rings. The summed E-state index contributed by atoms with van der Waals surface area (Å²) in [6.45, 7) is 4.18. The van der Waals surface area contributed by atoms with Crippen molar-refractivity contribution < 1.29 is 4.79 Å². The van der Waals surface area contributed by atoms with Gasteiger partial charge < -0.3 is 10.6 Å². The summed E-state index contributed by atoms with van der Waals surface area (Å²) in [7, 11) is 1.55. The summed E-state index contributed by atoms with van der Waals surface area (Å²) in [6, 6.07) is 3.30. The molecule has 1 amide bonds. The largest absolute Gasteiger partial charge is 0.365 e. The van der Waals surface area contributed by atoms with Crippen molar-refractivity contribution >= 4 is 11.7 Å². The van der Waals surface area contributed by atoms with Crippen molar-refractivity contribution in [2.45, 2.75) is 0 Å². The van der Waals surface area contributed by atoms with Crippen LogP contribution in [0.3, 0.4) is 0 Å². The summed E-state index contributed by atoms with van der Waals surface area (Å²) < 4.78 is 0. The molecule has 0 saturated heterocycles. The highest BCUT2D eigenvalue weighted by molar-refractivity contribution is 5.91. The Morgan fingerprint density at radius 2 is 2.36 bits per heavy atom. The zero-order valence-electron chi connectivity index (χ0n) is 7.95. The van der Waals surface area contributed by atoms with Gasteiger partial charge in [0.2, 0.25) is 0 Å². The highest BCUT2D eigenvalue weighted by atomic mass is 16.1. The number of amides is 1. The molecule has 1 aromatic heterocycles. The number of nitrogens with zero attached hydrogens (tertiary/aromatic N) is 2. The van der Waals surface area contributed by atoms with Gasteiger partial charge in [-0.25, -0.2) is 0 Å². The van der Waals surface area contributed by atoms with Gasteiger partial charge >= 0.3 is 0 Å². The molecule has 5 nitrogen and oxygen atoms in total. The number of anilines is 1. The van der Waals surface area contributed by atoms with Gasteiger partial charge in [0.25, 0.3) is 5.91 Å². The quantitative estimate of drug-likeness (QED) is 0.679. The van der Waals surface area contributed by atoms with Crippen LogP contribution in [0.15, 0.2) is 24.8 Å². The Labute approximate surface area is 82.2 Å². The SMILES string of the molecule is C=CCNc1ccc(C(=O)NC)nn1. The van der Waals surface area contributed by atoms with Crippen molar-refractivity contribution in [3.8, 4) is 0 Å². The summed E-state index contributed by atoms with van der Waals surface area (Å²) in [5.74, 6) is 0.380. The van der Waals surface area contributed by atoms with Crippen LogP contribution in [0.2, 0.25) is 0 Å². The molecular formula is C9H12N4O. The molecule has 1 aromatic rings. The Bertz CT molecular complexity index is 320. The predicted molar refractivity (Wildman–Crippen MR) is 54.1 cm³/mol. The van der Waals surface area contributed by atoms with E-state index >= 15 is 0 Å². The molecule has 0 atom stereocenters. The maximum Gasteiger partial charge on any atom is 0.271 e. The van der Waals surface area contributed by atoms with Gasteiger partial charge in [0.1, 0.15) is 5.82 Å². The first kappa shape index (κ1) is 10.2. The first-order valence-electron chi connectivity index (χ1n) is 4.18. The molecule has 5 heteroatoms. The molecule has 0 aliphatic heterocycles. The summed E-state index contributed by atoms with van der Waals surface area (Å²) in [4.78, 5) is 11.1. The maximum atomic E-state index is 11.1. The minimum Gasteiger partial charge on any atom is -0.365 e. The zero-order chi connectivity index (χ0) is 10.4. The average Bonchev–Trinajstić information content (AvgIpc) is 2.26. The molecule has 0 fully saturated rings. The fraction of sp³-hybridized carbons (Fsp3) is 0.222. The van der Waals surface area contributed by atoms with Crippen LogP contribution >= 0.6 is 0 Å². The third-order valence-electron chi connectivity index (χ3n) is 1.55. The van der Waals surface area contributed by atoms with E-state index < -0.39 is 0 Å². The molecule has 0 saturated carbocycles. The number of rotatable bonds is 4. The molecule has 74 valence electrons. The highest BCUT2D eigenvalue weighted by Crippen LogP contribution is 2.00. The van der Waals surface area contributed by atoms with Crippen LogP contribution in [0, 0.1) is 0 Å². The summed E-state index contributed by atoms with van der Waals surface area (Å²) in [6.07, 6.45) is 1.72. The Hall–Kier alpha value is -1.91. The second-order valence-electron chi connectivity index (χ2n) is 2.55. The van der Waals surface area contributed by atoms with E-state index in [0.717, 1.165) is 0 Å². The van der Waals surface area contributed by atoms with Crippen molar-refractivity contribution in [2.24, 2.45) is 0 Å². The number of carbonyl (C=O) groups excluding carboxylic acids is 1. The van der Waals surface area contributed by atoms with Crippen molar-refractivity contribution in [2.75, 3.05) is 18.9 Å². The van der Waals surface area contributed by atoms with Gasteiger partial charge in [-0.2, -0.15) is 0 Å². The van der Waals surface area contributed by atoms with E-state index in [1.807, 2.05) is 0 Å². The fourth-order valence-corrected chi connectivity index (χ4v) is 0.852. The van der Waals surface area contributed by atoms with E-state index in [-0.39, 0.29) is 5.91 Å². The van der Waals surface area contributed by atoms with Crippen LogP contribution in [0.4, 0.5) is 5.82 Å². The van der Waals surface area contributed by atoms with Crippen molar-refractivity contribution in [3.63, 3.8) is 0 Å². The van der Waals surface area contributed by atoms with E-state index in [0.29, 0.717) is 18.1 Å². The van der Waals surface area contributed by atoms with Crippen molar-refractivity contribution in [3.05, 3.63) is 30.5 Å². The average molecular weight is 192 g/mol. The number of hydrogen-bond donors (Lipinski definition) is 2. The van der Waals surface area contributed by atoms with Crippen LogP contribution in [0.1, 0.15) is 10.5 Å². The highest BCUT2D eigenvalue weighted by Gasteiger charge is 2.04. The summed E-state index contributed by atoms with van der Waals surface area (Å²) in [5.41, 5.74) is 0.302. The van der Waals surface area contributed by atoms with Gasteiger partial charge in [0, 0.05) is 13.6 Å². The third kappa shape index (κ3) is 2.55. The monoisotopic (exact) mass is 192 g/mol. The topological polar surface area (TPSA) is 66.9 Å². The second kappa shape index (κ2) is 4.96. The van der Waals surface area contributed by atoms with E-state index in [1.165, 1.54) is 0 Å². The van der Waals surface area contributed by atoms with Crippen LogP contribution < -0.4 is 10.6 Å². The second-order valence-corrected chi connectivity index (χ2v) is 2.55. The van der Waals surface area contributed by atoms with E-state index in [2.05, 4.69) is 27.4 Å². The first-order valence-corrected chi connectivity index (χ1v) is 4.18. The number of aromatic nitrogens is 2. The van der Waals surface area contributed by atoms with Crippen LogP contribution in [-0.2, 0) is 0 Å². The van der Waals surface area contributed by atoms with Gasteiger partial charge in [-0.1, -0.05) is 6.08 Å². The minimum atomic E-state index is -0.243. The van der Waals surface area contributed by atoms with Gasteiger partial charge in [-0.05, 0) is 12.1 Å². The van der Waals surface area contributed by atoms with Crippen molar-refractivity contribution in [1.82, 2.24) is 15.5 Å². The van der Waals surface area contributed by atoms with E-state index in [4.69, 9.17) is 0 Å². The summed E-state index contributed by atoms with van der Waals surface area (Å²) in [5, 5.41) is 13.0. The molecule has 0 aromatic carbocycles. The number of nitrogens with one attached hydrogen (secondary N) is 2. The molecular weight excluding hydrogens is 180 g/mol. The predicted octanol–water partition coefficient (Wildman–Crippen LogP) is 0.434. The Morgan fingerprint density at radius 1 is 1.57 bits per heavy atom. The minimum absolute atomic E-state index is 0.243. The smallest absolute Gasteiger partial charge is 0.271 e. The van der Waals surface area contributed by atoms with Crippen LogP contribution in [0.25, 0.3) is 0 Å². The van der Waals surface area contributed by atoms with E-state index in [9.17, 15) is 4.79 Å². The fourth-order valence-electron chi connectivity index (χ4n) is 0.852. The standard InChI is InChI=1S/C9H12N4O/c1-3-6-11-8-5-4-7(12-13-8)9(14)10-2/h3-5H,1,6H2,2H3,(H,10,14)(H,11,13). The lowest BCUT2D eigenvalue weighted by molar-refractivity contribution is 0.0957. The third-order valence-corrected chi connectivity index (χ3v) is 1.55. The normalized spacial score (nSPS) is 9.21. The lowest BCUT2D eigenvalue weighted by Gasteiger charge is -2.01. The van der Waals surface area contributed by atoms with Gasteiger partial charge in [0.15, 0.2) is 5.69 Å². The van der Waals surface area contributed by atoms with Crippen molar-refractivity contribution in [1.29, 1.82) is 0 Å². The molecule has 1 rings (SSSR count). The number of carbonyl (C=O) groups is 1. The summed E-state index contributed by atoms with van der Waals surface area (Å²) >= 11 is 0. The molecule has 0 radical (unpaired) electrons. The lowest BCUT2D eigenvalue weighted by Crippen LogP contribution is -2.19. The Kier molecular flexibility index (Phi) is 3.60. The zero-order valence-corrected chi connectivity index (χ0v) is 7.95. The van der Waals surface area contributed by atoms with Gasteiger partial charge in [0.05, 0.1) is 0 Å². The molecule has 2 N–H and O–H groups in total. The van der Waals surface area contributed by atoms with Gasteiger partial charge in [-0.3, -0.25) is 4.79 Å². The molecule has 1 heterocycles. The van der Waals surface area contributed by atoms with Crippen LogP contribution in [-0.4, -0.2) is 29.7 Å². The Balaban J connectivity index is 2.68. The van der Waals surface area contributed by atoms with Gasteiger partial charge in [-0.15, -0.1) is 16.8 Å². The maximum absolute atomic E-state index is 11.1. The molecule has 0 spiro atoms. The van der Waals surface area contributed by atoms with E-state index in [1.54, 1.807) is 25.3 Å².